The van der Waals surface area contributed by atoms with Gasteiger partial charge in [-0.1, -0.05) is 13.8 Å². The van der Waals surface area contributed by atoms with Crippen molar-refractivity contribution in [3.8, 4) is 0 Å². The van der Waals surface area contributed by atoms with E-state index in [0.717, 1.165) is 4.88 Å². The lowest BCUT2D eigenvalue weighted by Crippen LogP contribution is -2.30. The van der Waals surface area contributed by atoms with Gasteiger partial charge in [0, 0.05) is 37.5 Å². The molecule has 1 heterocycles. The highest BCUT2D eigenvalue weighted by molar-refractivity contribution is 7.91. The minimum Gasteiger partial charge on any atom is -0.356 e. The summed E-state index contributed by atoms with van der Waals surface area (Å²) in [5.74, 6) is -0.0787. The summed E-state index contributed by atoms with van der Waals surface area (Å²) in [6, 6.07) is 3.44. The maximum Gasteiger partial charge on any atom is 0.252 e. The predicted octanol–water partition coefficient (Wildman–Crippen LogP) is 1.21. The molecule has 0 spiro atoms. The molecule has 128 valence electrons. The molecule has 0 radical (unpaired) electrons. The average molecular weight is 370 g/mol. The zero-order chi connectivity index (χ0) is 15.9. The number of hydrogen-bond donors (Lipinski definition) is 2. The summed E-state index contributed by atoms with van der Waals surface area (Å²) in [5, 5.41) is 2.75. The Bertz CT molecular complexity index is 557. The maximum absolute atomic E-state index is 12.3. The van der Waals surface area contributed by atoms with Crippen LogP contribution < -0.4 is 11.1 Å². The third-order valence-electron chi connectivity index (χ3n) is 3.00. The molecule has 0 aliphatic heterocycles. The quantitative estimate of drug-likeness (QED) is 0.684. The number of thiophene rings is 1. The van der Waals surface area contributed by atoms with E-state index in [1.165, 1.54) is 15.6 Å². The summed E-state index contributed by atoms with van der Waals surface area (Å²) in [6.45, 7) is 5.38. The van der Waals surface area contributed by atoms with Crippen molar-refractivity contribution >= 4 is 39.7 Å². The predicted molar refractivity (Wildman–Crippen MR) is 92.1 cm³/mol. The van der Waals surface area contributed by atoms with E-state index in [-0.39, 0.29) is 18.3 Å². The number of nitrogens with zero attached hydrogens (tertiary/aromatic N) is 1. The first kappa shape index (κ1) is 21.3. The number of rotatable bonds is 9. The van der Waals surface area contributed by atoms with Gasteiger partial charge in [-0.05, 0) is 18.6 Å². The fraction of sp³-hybridized carbons (Fsp3) is 0.615. The van der Waals surface area contributed by atoms with E-state index >= 15 is 0 Å². The van der Waals surface area contributed by atoms with Crippen LogP contribution in [-0.2, 0) is 21.2 Å². The van der Waals surface area contributed by atoms with Gasteiger partial charge in [0.1, 0.15) is 4.21 Å². The van der Waals surface area contributed by atoms with Crippen molar-refractivity contribution in [2.75, 3.05) is 26.2 Å². The second-order valence-corrected chi connectivity index (χ2v) is 7.78. The molecule has 9 heteroatoms. The third-order valence-corrected chi connectivity index (χ3v) is 6.66. The van der Waals surface area contributed by atoms with Gasteiger partial charge in [0.15, 0.2) is 0 Å². The monoisotopic (exact) mass is 369 g/mol. The molecular weight excluding hydrogens is 346 g/mol. The minimum absolute atomic E-state index is 0. The number of carbonyl (C=O) groups excluding carboxylic acids is 1. The highest BCUT2D eigenvalue weighted by atomic mass is 35.5. The van der Waals surface area contributed by atoms with Crippen molar-refractivity contribution in [2.24, 2.45) is 5.73 Å². The van der Waals surface area contributed by atoms with Crippen LogP contribution in [0.5, 0.6) is 0 Å². The molecule has 0 saturated heterocycles. The van der Waals surface area contributed by atoms with Gasteiger partial charge in [-0.2, -0.15) is 4.31 Å². The highest BCUT2D eigenvalue weighted by Crippen LogP contribution is 2.25. The van der Waals surface area contributed by atoms with Crippen molar-refractivity contribution in [3.05, 3.63) is 17.0 Å². The number of nitrogens with one attached hydrogen (secondary N) is 1. The van der Waals surface area contributed by atoms with Crippen LogP contribution in [0.2, 0.25) is 0 Å². The van der Waals surface area contributed by atoms with Crippen LogP contribution >= 0.6 is 23.7 Å². The summed E-state index contributed by atoms with van der Waals surface area (Å²) in [5.41, 5.74) is 5.29. The summed E-state index contributed by atoms with van der Waals surface area (Å²) < 4.78 is 26.4. The Balaban J connectivity index is 0.00000441. The Morgan fingerprint density at radius 3 is 2.50 bits per heavy atom. The van der Waals surface area contributed by atoms with E-state index in [0.29, 0.717) is 43.2 Å². The highest BCUT2D eigenvalue weighted by Gasteiger charge is 2.23. The van der Waals surface area contributed by atoms with Crippen LogP contribution in [-0.4, -0.2) is 44.8 Å². The van der Waals surface area contributed by atoms with Crippen molar-refractivity contribution in [1.29, 1.82) is 0 Å². The summed E-state index contributed by atoms with van der Waals surface area (Å²) >= 11 is 1.26. The van der Waals surface area contributed by atoms with Crippen LogP contribution in [0.4, 0.5) is 0 Å². The molecule has 0 aliphatic carbocycles. The zero-order valence-corrected chi connectivity index (χ0v) is 15.3. The number of amides is 1. The Hall–Kier alpha value is -0.670. The van der Waals surface area contributed by atoms with Crippen LogP contribution in [0, 0.1) is 0 Å². The molecule has 0 atom stereocenters. The number of nitrogens with two attached hydrogens (primary N) is 1. The fourth-order valence-electron chi connectivity index (χ4n) is 1.87. The molecule has 0 fully saturated rings. The number of hydrogen-bond acceptors (Lipinski definition) is 5. The molecule has 0 bridgehead atoms. The largest absolute Gasteiger partial charge is 0.356 e. The lowest BCUT2D eigenvalue weighted by Gasteiger charge is -2.16. The maximum atomic E-state index is 12.3. The third kappa shape index (κ3) is 5.85. The molecular formula is C13H24ClN3O3S2. The van der Waals surface area contributed by atoms with Crippen LogP contribution in [0.25, 0.3) is 0 Å². The van der Waals surface area contributed by atoms with Crippen molar-refractivity contribution < 1.29 is 13.2 Å². The van der Waals surface area contributed by atoms with Gasteiger partial charge in [-0.25, -0.2) is 8.42 Å². The average Bonchev–Trinajstić information content (AvgIpc) is 2.89. The van der Waals surface area contributed by atoms with Crippen molar-refractivity contribution in [3.63, 3.8) is 0 Å². The number of carbonyl (C=O) groups is 1. The Kier molecular flexibility index (Phi) is 9.86. The second-order valence-electron chi connectivity index (χ2n) is 4.45. The number of halogens is 1. The summed E-state index contributed by atoms with van der Waals surface area (Å²) in [6.07, 6.45) is 0.931. The molecule has 0 aromatic carbocycles. The molecule has 1 amide bonds. The standard InChI is InChI=1S/C13H23N3O3S2.ClH/c1-3-16(4-2)21(18,19)13-6-5-11(20-13)8-10-15-12(17)7-9-14;/h5-6H,3-4,7-10,14H2,1-2H3,(H,15,17);1H. The van der Waals surface area contributed by atoms with Crippen molar-refractivity contribution in [2.45, 2.75) is 30.9 Å². The fourth-order valence-corrected chi connectivity index (χ4v) is 4.83. The van der Waals surface area contributed by atoms with Gasteiger partial charge < -0.3 is 11.1 Å². The van der Waals surface area contributed by atoms with E-state index in [1.807, 2.05) is 13.8 Å². The minimum atomic E-state index is -3.38. The van der Waals surface area contributed by atoms with Crippen molar-refractivity contribution in [1.82, 2.24) is 9.62 Å². The Morgan fingerprint density at radius 2 is 1.95 bits per heavy atom. The first-order valence-electron chi connectivity index (χ1n) is 7.01. The van der Waals surface area contributed by atoms with Crippen LogP contribution in [0.3, 0.4) is 0 Å². The van der Waals surface area contributed by atoms with E-state index in [9.17, 15) is 13.2 Å². The Morgan fingerprint density at radius 1 is 1.32 bits per heavy atom. The van der Waals surface area contributed by atoms with E-state index < -0.39 is 10.0 Å². The van der Waals surface area contributed by atoms with Gasteiger partial charge in [0.2, 0.25) is 5.91 Å². The van der Waals surface area contributed by atoms with Gasteiger partial charge >= 0.3 is 0 Å². The van der Waals surface area contributed by atoms with E-state index in [1.54, 1.807) is 12.1 Å². The smallest absolute Gasteiger partial charge is 0.252 e. The summed E-state index contributed by atoms with van der Waals surface area (Å²) in [7, 11) is -3.38. The Labute approximate surface area is 142 Å². The van der Waals surface area contributed by atoms with E-state index in [4.69, 9.17) is 5.73 Å². The second kappa shape index (κ2) is 10.2. The molecule has 3 N–H and O–H groups in total. The van der Waals surface area contributed by atoms with Crippen LogP contribution in [0.15, 0.2) is 16.3 Å². The number of sulfonamides is 1. The topological polar surface area (TPSA) is 92.5 Å². The molecule has 0 saturated carbocycles. The normalized spacial score (nSPS) is 11.3. The lowest BCUT2D eigenvalue weighted by atomic mass is 10.3. The van der Waals surface area contributed by atoms with Gasteiger partial charge in [0.25, 0.3) is 10.0 Å². The SMILES string of the molecule is CCN(CC)S(=O)(=O)c1ccc(CCNC(=O)CCN)s1.Cl. The zero-order valence-electron chi connectivity index (χ0n) is 12.9. The molecule has 0 aliphatic rings. The molecule has 0 unspecified atom stereocenters. The van der Waals surface area contributed by atoms with Crippen LogP contribution in [0.1, 0.15) is 25.1 Å². The molecule has 22 heavy (non-hydrogen) atoms. The van der Waals surface area contributed by atoms with Gasteiger partial charge in [0.05, 0.1) is 0 Å². The molecule has 1 aromatic heterocycles. The molecule has 1 aromatic rings. The van der Waals surface area contributed by atoms with Gasteiger partial charge in [-0.15, -0.1) is 23.7 Å². The van der Waals surface area contributed by atoms with Gasteiger partial charge in [-0.3, -0.25) is 4.79 Å². The first-order chi connectivity index (χ1) is 9.95. The summed E-state index contributed by atoms with van der Waals surface area (Å²) in [4.78, 5) is 12.2. The van der Waals surface area contributed by atoms with E-state index in [2.05, 4.69) is 5.32 Å². The first-order valence-corrected chi connectivity index (χ1v) is 9.27. The molecule has 1 rings (SSSR count). The lowest BCUT2D eigenvalue weighted by molar-refractivity contribution is -0.120. The molecule has 6 nitrogen and oxygen atoms in total.